The summed E-state index contributed by atoms with van der Waals surface area (Å²) in [6.07, 6.45) is 0. The van der Waals surface area contributed by atoms with Crippen LogP contribution in [0.3, 0.4) is 0 Å². The lowest BCUT2D eigenvalue weighted by Crippen LogP contribution is -2.18. The van der Waals surface area contributed by atoms with Crippen molar-refractivity contribution in [1.29, 1.82) is 0 Å². The Morgan fingerprint density at radius 3 is 2.38 bits per heavy atom. The van der Waals surface area contributed by atoms with E-state index in [1.165, 1.54) is 4.52 Å². The van der Waals surface area contributed by atoms with Gasteiger partial charge >= 0.3 is 0 Å². The van der Waals surface area contributed by atoms with Crippen LogP contribution in [0, 0.1) is 6.92 Å². The van der Waals surface area contributed by atoms with E-state index in [-0.39, 0.29) is 5.56 Å². The standard InChI is InChI=1S/C19H14ClN3O/c1-13-11-18-22(16-9-7-15(20)8-10-16)17(12-19(24)23(18)21-13)14-5-3-2-4-6-14/h2-12H,1H3. The second kappa shape index (κ2) is 5.65. The first kappa shape index (κ1) is 14.7. The highest BCUT2D eigenvalue weighted by atomic mass is 35.5. The third kappa shape index (κ3) is 2.41. The van der Waals surface area contributed by atoms with Crippen molar-refractivity contribution in [2.75, 3.05) is 0 Å². The predicted octanol–water partition coefficient (Wildman–Crippen LogP) is 4.11. The van der Waals surface area contributed by atoms with Gasteiger partial charge in [-0.15, -0.1) is 0 Å². The highest BCUT2D eigenvalue weighted by Gasteiger charge is 2.14. The van der Waals surface area contributed by atoms with Crippen LogP contribution in [0.1, 0.15) is 5.69 Å². The second-order valence-electron chi connectivity index (χ2n) is 5.60. The Morgan fingerprint density at radius 1 is 0.958 bits per heavy atom. The van der Waals surface area contributed by atoms with Crippen molar-refractivity contribution < 1.29 is 0 Å². The molecule has 0 aliphatic carbocycles. The molecule has 4 aromatic rings. The summed E-state index contributed by atoms with van der Waals surface area (Å²) in [6, 6.07) is 20.9. The maximum Gasteiger partial charge on any atom is 0.274 e. The quantitative estimate of drug-likeness (QED) is 0.553. The van der Waals surface area contributed by atoms with Gasteiger partial charge < -0.3 is 0 Å². The third-order valence-electron chi connectivity index (χ3n) is 3.91. The molecule has 0 N–H and O–H groups in total. The van der Waals surface area contributed by atoms with Gasteiger partial charge in [-0.25, -0.2) is 0 Å². The van der Waals surface area contributed by atoms with Gasteiger partial charge in [-0.1, -0.05) is 41.9 Å². The topological polar surface area (TPSA) is 39.3 Å². The first-order valence-corrected chi connectivity index (χ1v) is 7.95. The fourth-order valence-corrected chi connectivity index (χ4v) is 2.98. The maximum absolute atomic E-state index is 12.5. The molecule has 0 saturated carbocycles. The van der Waals surface area contributed by atoms with Gasteiger partial charge in [0.2, 0.25) is 0 Å². The van der Waals surface area contributed by atoms with Crippen molar-refractivity contribution in [2.24, 2.45) is 0 Å². The van der Waals surface area contributed by atoms with E-state index in [9.17, 15) is 4.79 Å². The van der Waals surface area contributed by atoms with E-state index in [0.717, 1.165) is 28.3 Å². The molecule has 0 amide bonds. The monoisotopic (exact) mass is 335 g/mol. The average molecular weight is 336 g/mol. The molecule has 24 heavy (non-hydrogen) atoms. The Balaban J connectivity index is 2.13. The first-order valence-electron chi connectivity index (χ1n) is 7.57. The Kier molecular flexibility index (Phi) is 3.47. The Morgan fingerprint density at radius 2 is 1.67 bits per heavy atom. The molecule has 0 fully saturated rings. The van der Waals surface area contributed by atoms with Crippen LogP contribution < -0.4 is 5.56 Å². The van der Waals surface area contributed by atoms with Gasteiger partial charge in [-0.2, -0.15) is 9.61 Å². The molecule has 0 radical (unpaired) electrons. The van der Waals surface area contributed by atoms with E-state index in [1.54, 1.807) is 6.07 Å². The van der Waals surface area contributed by atoms with E-state index < -0.39 is 0 Å². The number of rotatable bonds is 2. The summed E-state index contributed by atoms with van der Waals surface area (Å²) in [6.45, 7) is 1.88. The molecule has 0 unspecified atom stereocenters. The number of hydrogen-bond acceptors (Lipinski definition) is 2. The van der Waals surface area contributed by atoms with Crippen LogP contribution in [0.15, 0.2) is 71.5 Å². The van der Waals surface area contributed by atoms with Crippen LogP contribution in [0.25, 0.3) is 22.6 Å². The number of benzene rings is 2. The Bertz CT molecular complexity index is 1080. The first-order chi connectivity index (χ1) is 11.6. The molecule has 4 nitrogen and oxygen atoms in total. The summed E-state index contributed by atoms with van der Waals surface area (Å²) >= 11 is 6.03. The molecule has 5 heteroatoms. The van der Waals surface area contributed by atoms with E-state index in [0.29, 0.717) is 5.02 Å². The predicted molar refractivity (Wildman–Crippen MR) is 96.0 cm³/mol. The molecule has 2 aromatic carbocycles. The van der Waals surface area contributed by atoms with Crippen LogP contribution in [-0.4, -0.2) is 14.2 Å². The van der Waals surface area contributed by atoms with Gasteiger partial charge in [0, 0.05) is 22.8 Å². The number of nitrogens with zero attached hydrogens (tertiary/aromatic N) is 3. The lowest BCUT2D eigenvalue weighted by Gasteiger charge is -2.15. The smallest absolute Gasteiger partial charge is 0.274 e. The number of aryl methyl sites for hydroxylation is 1. The zero-order chi connectivity index (χ0) is 16.7. The molecular weight excluding hydrogens is 322 g/mol. The van der Waals surface area contributed by atoms with Gasteiger partial charge in [-0.3, -0.25) is 9.36 Å². The summed E-state index contributed by atoms with van der Waals surface area (Å²) in [5.74, 6) is 0. The fraction of sp³-hybridized carbons (Fsp3) is 0.0526. The summed E-state index contributed by atoms with van der Waals surface area (Å²) < 4.78 is 3.45. The number of fused-ring (bicyclic) bond motifs is 1. The molecule has 4 rings (SSSR count). The maximum atomic E-state index is 12.5. The van der Waals surface area contributed by atoms with Crippen molar-refractivity contribution >= 4 is 17.2 Å². The third-order valence-corrected chi connectivity index (χ3v) is 4.16. The zero-order valence-corrected chi connectivity index (χ0v) is 13.7. The van der Waals surface area contributed by atoms with E-state index in [4.69, 9.17) is 11.6 Å². The molecule has 0 saturated heterocycles. The normalized spacial score (nSPS) is 11.1. The molecule has 0 spiro atoms. The molecule has 2 heterocycles. The van der Waals surface area contributed by atoms with E-state index >= 15 is 0 Å². The molecule has 0 aliphatic heterocycles. The molecular formula is C19H14ClN3O. The molecule has 118 valence electrons. The lowest BCUT2D eigenvalue weighted by atomic mass is 10.1. The minimum Gasteiger partial charge on any atom is -0.294 e. The largest absolute Gasteiger partial charge is 0.294 e. The number of halogens is 1. The molecule has 0 aliphatic rings. The number of aromatic nitrogens is 3. The van der Waals surface area contributed by atoms with Crippen molar-refractivity contribution in [3.8, 4) is 16.9 Å². The summed E-state index contributed by atoms with van der Waals surface area (Å²) in [5.41, 5.74) is 4.06. The molecule has 2 aromatic heterocycles. The summed E-state index contributed by atoms with van der Waals surface area (Å²) in [7, 11) is 0. The highest BCUT2D eigenvalue weighted by molar-refractivity contribution is 6.30. The van der Waals surface area contributed by atoms with Crippen LogP contribution in [0.4, 0.5) is 0 Å². The Hall–Kier alpha value is -2.85. The van der Waals surface area contributed by atoms with Crippen molar-refractivity contribution in [2.45, 2.75) is 6.92 Å². The minimum absolute atomic E-state index is 0.151. The lowest BCUT2D eigenvalue weighted by molar-refractivity contribution is 0.858. The molecule has 0 atom stereocenters. The average Bonchev–Trinajstić information content (AvgIpc) is 2.99. The zero-order valence-electron chi connectivity index (χ0n) is 13.0. The SMILES string of the molecule is Cc1cc2n(-c3ccc(Cl)cc3)c(-c3ccccc3)cc(=O)n2n1. The second-order valence-corrected chi connectivity index (χ2v) is 6.04. The van der Waals surface area contributed by atoms with E-state index in [2.05, 4.69) is 5.10 Å². The van der Waals surface area contributed by atoms with Crippen molar-refractivity contribution in [3.05, 3.63) is 87.8 Å². The number of hydrogen-bond donors (Lipinski definition) is 0. The Labute approximate surface area is 143 Å². The van der Waals surface area contributed by atoms with Gasteiger partial charge in [0.1, 0.15) is 5.65 Å². The van der Waals surface area contributed by atoms with Gasteiger partial charge in [0.25, 0.3) is 5.56 Å². The fourth-order valence-electron chi connectivity index (χ4n) is 2.86. The summed E-state index contributed by atoms with van der Waals surface area (Å²) in [4.78, 5) is 12.5. The van der Waals surface area contributed by atoms with Gasteiger partial charge in [-0.05, 0) is 36.8 Å². The van der Waals surface area contributed by atoms with Gasteiger partial charge in [0.05, 0.1) is 11.4 Å². The summed E-state index contributed by atoms with van der Waals surface area (Å²) in [5, 5.41) is 4.98. The van der Waals surface area contributed by atoms with Crippen molar-refractivity contribution in [1.82, 2.24) is 14.2 Å². The van der Waals surface area contributed by atoms with Crippen LogP contribution in [0.5, 0.6) is 0 Å². The molecule has 0 bridgehead atoms. The highest BCUT2D eigenvalue weighted by Crippen LogP contribution is 2.25. The van der Waals surface area contributed by atoms with Crippen LogP contribution in [0.2, 0.25) is 5.02 Å². The minimum atomic E-state index is -0.151. The van der Waals surface area contributed by atoms with E-state index in [1.807, 2.05) is 72.2 Å². The van der Waals surface area contributed by atoms with Crippen LogP contribution >= 0.6 is 11.6 Å². The van der Waals surface area contributed by atoms with Crippen molar-refractivity contribution in [3.63, 3.8) is 0 Å². The van der Waals surface area contributed by atoms with Gasteiger partial charge in [0.15, 0.2) is 0 Å². The van der Waals surface area contributed by atoms with Crippen LogP contribution in [-0.2, 0) is 0 Å².